The van der Waals surface area contributed by atoms with Gasteiger partial charge in [0.1, 0.15) is 11.5 Å². The lowest BCUT2D eigenvalue weighted by atomic mass is 10.1. The molecule has 9 heteroatoms. The Balaban J connectivity index is 1.61. The van der Waals surface area contributed by atoms with Crippen molar-refractivity contribution in [1.82, 2.24) is 9.97 Å². The number of phenols is 3. The molecule has 0 aliphatic rings. The number of nitrogens with zero attached hydrogens (tertiary/aromatic N) is 1. The van der Waals surface area contributed by atoms with E-state index in [2.05, 4.69) is 15.3 Å². The quantitative estimate of drug-likeness (QED) is 0.214. The topological polar surface area (TPSA) is 156 Å². The first-order chi connectivity index (χ1) is 15.3. The minimum Gasteiger partial charge on any atom is -0.507 e. The van der Waals surface area contributed by atoms with Gasteiger partial charge in [-0.3, -0.25) is 9.59 Å². The molecule has 0 saturated carbocycles. The second-order valence-electron chi connectivity index (χ2n) is 6.90. The molecule has 0 spiro atoms. The molecule has 0 bridgehead atoms. The van der Waals surface area contributed by atoms with E-state index in [0.717, 1.165) is 12.1 Å². The number of aromatic hydroxyl groups is 3. The molecule has 0 radical (unpaired) electrons. The zero-order valence-corrected chi connectivity index (χ0v) is 16.4. The number of H-pyrrole nitrogens is 1. The van der Waals surface area contributed by atoms with Crippen molar-refractivity contribution in [1.29, 1.82) is 0 Å². The van der Waals surface area contributed by atoms with Gasteiger partial charge in [0, 0.05) is 22.9 Å². The van der Waals surface area contributed by atoms with Crippen LogP contribution in [0.5, 0.6) is 17.2 Å². The highest BCUT2D eigenvalue weighted by Gasteiger charge is 2.14. The van der Waals surface area contributed by atoms with E-state index in [1.807, 2.05) is 0 Å². The van der Waals surface area contributed by atoms with Gasteiger partial charge in [0.25, 0.3) is 11.5 Å². The van der Waals surface area contributed by atoms with Crippen molar-refractivity contribution in [3.63, 3.8) is 0 Å². The molecule has 4 rings (SSSR count). The number of hydrogen-bond donors (Lipinski definition) is 6. The number of aromatic nitrogens is 2. The van der Waals surface area contributed by atoms with Crippen LogP contribution in [0.25, 0.3) is 22.9 Å². The number of fused-ring (bicyclic) bond motifs is 1. The standard InChI is InChI=1S/C23H17N3O6/c27-18(11-17-23(32)26-16-7-2-1-6-15(16)25-17)12-4-3-5-14(8-12)24-22(31)13-9-19(28)21(30)20(29)10-13/h1-11,27-30H,(H,24,31)(H,26,32)/b18-11+. The van der Waals surface area contributed by atoms with E-state index in [9.17, 15) is 30.0 Å². The predicted molar refractivity (Wildman–Crippen MR) is 119 cm³/mol. The summed E-state index contributed by atoms with van der Waals surface area (Å²) in [4.78, 5) is 31.6. The Labute approximate surface area is 180 Å². The van der Waals surface area contributed by atoms with Gasteiger partial charge in [-0.2, -0.15) is 0 Å². The average Bonchev–Trinajstić information content (AvgIpc) is 2.77. The number of anilines is 1. The van der Waals surface area contributed by atoms with Crippen molar-refractivity contribution in [2.75, 3.05) is 5.32 Å². The number of aromatic amines is 1. The number of phenolic OH excluding ortho intramolecular Hbond substituents is 3. The molecule has 0 fully saturated rings. The lowest BCUT2D eigenvalue weighted by molar-refractivity contribution is 0.102. The molecule has 1 aromatic heterocycles. The van der Waals surface area contributed by atoms with Gasteiger partial charge in [0.05, 0.1) is 11.0 Å². The molecule has 0 aliphatic heterocycles. The normalized spacial score (nSPS) is 11.4. The molecule has 1 heterocycles. The van der Waals surface area contributed by atoms with E-state index in [0.29, 0.717) is 22.3 Å². The first-order valence-corrected chi connectivity index (χ1v) is 9.38. The van der Waals surface area contributed by atoms with Gasteiger partial charge >= 0.3 is 0 Å². The molecule has 1 amide bonds. The monoisotopic (exact) mass is 431 g/mol. The molecule has 0 atom stereocenters. The molecule has 160 valence electrons. The fourth-order valence-electron chi connectivity index (χ4n) is 3.05. The Morgan fingerprint density at radius 1 is 0.938 bits per heavy atom. The minimum absolute atomic E-state index is 0.0192. The van der Waals surface area contributed by atoms with Crippen LogP contribution in [0.15, 0.2) is 65.5 Å². The third kappa shape index (κ3) is 4.08. The number of amides is 1. The molecule has 0 saturated heterocycles. The highest BCUT2D eigenvalue weighted by Crippen LogP contribution is 2.35. The van der Waals surface area contributed by atoms with E-state index in [4.69, 9.17) is 0 Å². The molecular weight excluding hydrogens is 414 g/mol. The van der Waals surface area contributed by atoms with E-state index >= 15 is 0 Å². The van der Waals surface area contributed by atoms with Crippen molar-refractivity contribution in [2.45, 2.75) is 0 Å². The number of aliphatic hydroxyl groups is 1. The largest absolute Gasteiger partial charge is 0.507 e. The fraction of sp³-hybridized carbons (Fsp3) is 0. The lowest BCUT2D eigenvalue weighted by Crippen LogP contribution is -2.12. The number of carbonyl (C=O) groups is 1. The number of hydrogen-bond acceptors (Lipinski definition) is 7. The van der Waals surface area contributed by atoms with Crippen LogP contribution in [0.1, 0.15) is 21.6 Å². The van der Waals surface area contributed by atoms with Crippen LogP contribution in [-0.2, 0) is 0 Å². The van der Waals surface area contributed by atoms with Crippen LogP contribution in [0.2, 0.25) is 0 Å². The van der Waals surface area contributed by atoms with E-state index in [1.54, 1.807) is 42.5 Å². The van der Waals surface area contributed by atoms with Crippen LogP contribution in [0.3, 0.4) is 0 Å². The van der Waals surface area contributed by atoms with E-state index in [-0.39, 0.29) is 17.0 Å². The smallest absolute Gasteiger partial charge is 0.274 e. The first kappa shape index (κ1) is 20.5. The summed E-state index contributed by atoms with van der Waals surface area (Å²) in [5.74, 6) is -2.91. The molecule has 0 unspecified atom stereocenters. The van der Waals surface area contributed by atoms with Gasteiger partial charge in [-0.05, 0) is 36.4 Å². The Morgan fingerprint density at radius 2 is 1.66 bits per heavy atom. The SMILES string of the molecule is O=C(Nc1cccc(/C(O)=C\c2nc3ccccc3[nH]c2=O)c1)c1cc(O)c(O)c(O)c1. The summed E-state index contributed by atoms with van der Waals surface area (Å²) in [6.07, 6.45) is 1.22. The third-order valence-corrected chi connectivity index (χ3v) is 4.65. The van der Waals surface area contributed by atoms with Crippen LogP contribution in [0.4, 0.5) is 5.69 Å². The Kier molecular flexibility index (Phi) is 5.22. The Hall–Kier alpha value is -4.79. The lowest BCUT2D eigenvalue weighted by Gasteiger charge is -2.09. The molecule has 9 nitrogen and oxygen atoms in total. The zero-order chi connectivity index (χ0) is 22.8. The molecule has 4 aromatic rings. The predicted octanol–water partition coefficient (Wildman–Crippen LogP) is 3.35. The Morgan fingerprint density at radius 3 is 2.41 bits per heavy atom. The van der Waals surface area contributed by atoms with Gasteiger partial charge in [-0.1, -0.05) is 24.3 Å². The third-order valence-electron chi connectivity index (χ3n) is 4.65. The van der Waals surface area contributed by atoms with Crippen molar-refractivity contribution < 1.29 is 25.2 Å². The summed E-state index contributed by atoms with van der Waals surface area (Å²) in [6, 6.07) is 15.2. The highest BCUT2D eigenvalue weighted by molar-refractivity contribution is 6.05. The van der Waals surface area contributed by atoms with Crippen LogP contribution >= 0.6 is 0 Å². The maximum Gasteiger partial charge on any atom is 0.274 e. The fourth-order valence-corrected chi connectivity index (χ4v) is 3.05. The zero-order valence-electron chi connectivity index (χ0n) is 16.4. The number of aliphatic hydroxyl groups excluding tert-OH is 1. The minimum atomic E-state index is -0.726. The number of nitrogens with one attached hydrogen (secondary N) is 2. The maximum atomic E-state index is 12.4. The Bertz CT molecular complexity index is 1420. The summed E-state index contributed by atoms with van der Waals surface area (Å²) < 4.78 is 0. The molecule has 6 N–H and O–H groups in total. The summed E-state index contributed by atoms with van der Waals surface area (Å²) in [7, 11) is 0. The molecule has 3 aromatic carbocycles. The van der Waals surface area contributed by atoms with Gasteiger partial charge < -0.3 is 30.7 Å². The summed E-state index contributed by atoms with van der Waals surface area (Å²) in [5.41, 5.74) is 1.22. The van der Waals surface area contributed by atoms with Crippen molar-refractivity contribution in [2.24, 2.45) is 0 Å². The maximum absolute atomic E-state index is 12.4. The van der Waals surface area contributed by atoms with Gasteiger partial charge in [-0.15, -0.1) is 0 Å². The van der Waals surface area contributed by atoms with E-state index < -0.39 is 28.7 Å². The van der Waals surface area contributed by atoms with Crippen molar-refractivity contribution in [3.05, 3.63) is 87.8 Å². The number of carbonyl (C=O) groups excluding carboxylic acids is 1. The molecule has 32 heavy (non-hydrogen) atoms. The first-order valence-electron chi connectivity index (χ1n) is 9.38. The summed E-state index contributed by atoms with van der Waals surface area (Å²) >= 11 is 0. The van der Waals surface area contributed by atoms with Crippen LogP contribution in [0, 0.1) is 0 Å². The second-order valence-corrected chi connectivity index (χ2v) is 6.90. The summed E-state index contributed by atoms with van der Waals surface area (Å²) in [5, 5.41) is 41.6. The number of para-hydroxylation sites is 2. The number of rotatable bonds is 4. The second kappa shape index (κ2) is 8.15. The van der Waals surface area contributed by atoms with Gasteiger partial charge in [0.2, 0.25) is 0 Å². The highest BCUT2D eigenvalue weighted by atomic mass is 16.3. The van der Waals surface area contributed by atoms with Crippen LogP contribution in [-0.4, -0.2) is 36.3 Å². The van der Waals surface area contributed by atoms with Gasteiger partial charge in [-0.25, -0.2) is 4.98 Å². The van der Waals surface area contributed by atoms with Crippen molar-refractivity contribution >= 4 is 34.5 Å². The van der Waals surface area contributed by atoms with E-state index in [1.165, 1.54) is 12.1 Å². The van der Waals surface area contributed by atoms with Gasteiger partial charge in [0.15, 0.2) is 17.2 Å². The van der Waals surface area contributed by atoms with Crippen molar-refractivity contribution in [3.8, 4) is 17.2 Å². The molecular formula is C23H17N3O6. The molecule has 0 aliphatic carbocycles. The average molecular weight is 431 g/mol. The van der Waals surface area contributed by atoms with Crippen LogP contribution < -0.4 is 10.9 Å². The number of benzene rings is 3. The summed E-state index contributed by atoms with van der Waals surface area (Å²) in [6.45, 7) is 0.